The van der Waals surface area contributed by atoms with E-state index in [1.807, 2.05) is 42.6 Å². The first-order valence-electron chi connectivity index (χ1n) is 11.6. The largest absolute Gasteiger partial charge is 0.489 e. The minimum Gasteiger partial charge on any atom is -0.489 e. The van der Waals surface area contributed by atoms with Crippen molar-refractivity contribution in [2.24, 2.45) is 5.10 Å². The third-order valence-electron chi connectivity index (χ3n) is 6.10. The Morgan fingerprint density at radius 2 is 1.52 bits per heavy atom. The average Bonchev–Trinajstić information content (AvgIpc) is 2.88. The molecule has 4 heteroatoms. The number of rotatable bonds is 7. The molecule has 0 radical (unpaired) electrons. The minimum absolute atomic E-state index is 0.570. The summed E-state index contributed by atoms with van der Waals surface area (Å²) in [4.78, 5) is 2.52. The highest BCUT2D eigenvalue weighted by atomic mass is 16.5. The van der Waals surface area contributed by atoms with Crippen LogP contribution in [0.5, 0.6) is 5.75 Å². The molecule has 4 nitrogen and oxygen atoms in total. The summed E-state index contributed by atoms with van der Waals surface area (Å²) in [6, 6.07) is 33.6. The first-order chi connectivity index (χ1) is 16.3. The highest BCUT2D eigenvalue weighted by molar-refractivity contribution is 5.85. The summed E-state index contributed by atoms with van der Waals surface area (Å²) in [7, 11) is 0. The topological polar surface area (TPSA) is 28.1 Å². The van der Waals surface area contributed by atoms with Crippen molar-refractivity contribution in [3.63, 3.8) is 0 Å². The summed E-state index contributed by atoms with van der Waals surface area (Å²) in [5, 5.41) is 9.56. The van der Waals surface area contributed by atoms with Gasteiger partial charge in [-0.15, -0.1) is 0 Å². The molecule has 0 aromatic heterocycles. The van der Waals surface area contributed by atoms with Gasteiger partial charge in [0.1, 0.15) is 12.4 Å². The summed E-state index contributed by atoms with van der Waals surface area (Å²) in [6.45, 7) is 5.46. The zero-order chi connectivity index (χ0) is 22.3. The second-order valence-electron chi connectivity index (χ2n) is 8.46. The summed E-state index contributed by atoms with van der Waals surface area (Å²) in [6.07, 6.45) is 1.94. The maximum Gasteiger partial charge on any atom is 0.120 e. The summed E-state index contributed by atoms with van der Waals surface area (Å²) in [5.41, 5.74) is 3.62. The van der Waals surface area contributed by atoms with Crippen molar-refractivity contribution >= 4 is 17.0 Å². The molecule has 33 heavy (non-hydrogen) atoms. The molecule has 1 aliphatic rings. The molecule has 0 aliphatic carbocycles. The first kappa shape index (κ1) is 21.2. The number of ether oxygens (including phenoxy) is 1. The summed E-state index contributed by atoms with van der Waals surface area (Å²) in [5.74, 6) is 0.864. The van der Waals surface area contributed by atoms with Crippen LogP contribution in [0, 0.1) is 0 Å². The standard InChI is InChI=1S/C29H29N3O/c1-2-8-24(9-3-1)23-33-28-14-6-10-25(20-28)21-30-32-18-16-31(17-19-32)22-27-13-7-12-26-11-4-5-15-29(26)27/h1-15,20-21H,16-19,22-23H2/b30-21-. The van der Waals surface area contributed by atoms with Crippen LogP contribution in [0.1, 0.15) is 16.7 Å². The lowest BCUT2D eigenvalue weighted by molar-refractivity contribution is 0.131. The fourth-order valence-electron chi connectivity index (χ4n) is 4.26. The Hall–Kier alpha value is -3.63. The second-order valence-corrected chi connectivity index (χ2v) is 8.46. The number of piperazine rings is 1. The monoisotopic (exact) mass is 435 g/mol. The van der Waals surface area contributed by atoms with Gasteiger partial charge < -0.3 is 4.74 Å². The molecule has 1 aliphatic heterocycles. The highest BCUT2D eigenvalue weighted by Gasteiger charge is 2.16. The quantitative estimate of drug-likeness (QED) is 0.355. The lowest BCUT2D eigenvalue weighted by Crippen LogP contribution is -2.43. The molecule has 0 atom stereocenters. The van der Waals surface area contributed by atoms with Crippen molar-refractivity contribution in [3.8, 4) is 5.75 Å². The summed E-state index contributed by atoms with van der Waals surface area (Å²) >= 11 is 0. The maximum absolute atomic E-state index is 5.94. The van der Waals surface area contributed by atoms with E-state index in [2.05, 4.69) is 70.6 Å². The van der Waals surface area contributed by atoms with Gasteiger partial charge in [0.25, 0.3) is 0 Å². The van der Waals surface area contributed by atoms with Gasteiger partial charge >= 0.3 is 0 Å². The van der Waals surface area contributed by atoms with Gasteiger partial charge in [-0.25, -0.2) is 0 Å². The van der Waals surface area contributed by atoms with Crippen molar-refractivity contribution < 1.29 is 4.74 Å². The van der Waals surface area contributed by atoms with Crippen LogP contribution < -0.4 is 4.74 Å². The molecular weight excluding hydrogens is 406 g/mol. The van der Waals surface area contributed by atoms with Crippen molar-refractivity contribution in [1.29, 1.82) is 0 Å². The SMILES string of the molecule is C(=N/N1CCN(Cc2cccc3ccccc23)CC1)/c1cccc(OCc2ccccc2)c1. The number of fused-ring (bicyclic) bond motifs is 1. The molecule has 0 bridgehead atoms. The zero-order valence-corrected chi connectivity index (χ0v) is 18.8. The molecule has 0 saturated carbocycles. The Labute approximate surface area is 195 Å². The molecule has 166 valence electrons. The van der Waals surface area contributed by atoms with Crippen molar-refractivity contribution in [3.05, 3.63) is 114 Å². The normalized spacial score (nSPS) is 14.7. The molecule has 4 aromatic rings. The number of hydrogen-bond donors (Lipinski definition) is 0. The molecule has 0 spiro atoms. The average molecular weight is 436 g/mol. The highest BCUT2D eigenvalue weighted by Crippen LogP contribution is 2.21. The van der Waals surface area contributed by atoms with Gasteiger partial charge in [-0.1, -0.05) is 84.9 Å². The lowest BCUT2D eigenvalue weighted by Gasteiger charge is -2.33. The minimum atomic E-state index is 0.570. The van der Waals surface area contributed by atoms with Crippen LogP contribution in [-0.2, 0) is 13.2 Å². The van der Waals surface area contributed by atoms with Gasteiger partial charge in [-0.2, -0.15) is 5.10 Å². The van der Waals surface area contributed by atoms with Crippen molar-refractivity contribution in [1.82, 2.24) is 9.91 Å². The Morgan fingerprint density at radius 1 is 0.758 bits per heavy atom. The predicted molar refractivity (Wildman–Crippen MR) is 136 cm³/mol. The molecular formula is C29H29N3O. The van der Waals surface area contributed by atoms with Crippen molar-refractivity contribution in [2.75, 3.05) is 26.2 Å². The van der Waals surface area contributed by atoms with E-state index in [9.17, 15) is 0 Å². The molecule has 0 N–H and O–H groups in total. The van der Waals surface area contributed by atoms with Gasteiger partial charge in [0.2, 0.25) is 0 Å². The molecule has 1 heterocycles. The van der Waals surface area contributed by atoms with E-state index in [4.69, 9.17) is 9.84 Å². The van der Waals surface area contributed by atoms with E-state index in [0.29, 0.717) is 6.61 Å². The molecule has 4 aromatic carbocycles. The summed E-state index contributed by atoms with van der Waals surface area (Å²) < 4.78 is 5.94. The van der Waals surface area contributed by atoms with Crippen LogP contribution in [0.15, 0.2) is 102 Å². The fourth-order valence-corrected chi connectivity index (χ4v) is 4.26. The Morgan fingerprint density at radius 3 is 2.39 bits per heavy atom. The van der Waals surface area contributed by atoms with Crippen molar-refractivity contribution in [2.45, 2.75) is 13.2 Å². The Bertz CT molecular complexity index is 1210. The van der Waals surface area contributed by atoms with Gasteiger partial charge in [0.05, 0.1) is 6.21 Å². The van der Waals surface area contributed by atoms with E-state index >= 15 is 0 Å². The van der Waals surface area contributed by atoms with E-state index in [1.165, 1.54) is 16.3 Å². The maximum atomic E-state index is 5.94. The number of hydrazone groups is 1. The van der Waals surface area contributed by atoms with Crippen LogP contribution in [0.4, 0.5) is 0 Å². The van der Waals surface area contributed by atoms with Crippen LogP contribution in [0.3, 0.4) is 0 Å². The van der Waals surface area contributed by atoms with Gasteiger partial charge in [0, 0.05) is 32.7 Å². The third-order valence-corrected chi connectivity index (χ3v) is 6.10. The number of benzene rings is 4. The third kappa shape index (κ3) is 5.60. The molecule has 1 saturated heterocycles. The number of nitrogens with zero attached hydrogens (tertiary/aromatic N) is 3. The van der Waals surface area contributed by atoms with Gasteiger partial charge in [0.15, 0.2) is 0 Å². The smallest absolute Gasteiger partial charge is 0.120 e. The van der Waals surface area contributed by atoms with Gasteiger partial charge in [-0.3, -0.25) is 9.91 Å². The lowest BCUT2D eigenvalue weighted by atomic mass is 10.0. The number of hydrogen-bond acceptors (Lipinski definition) is 4. The fraction of sp³-hybridized carbons (Fsp3) is 0.207. The van der Waals surface area contributed by atoms with Crippen LogP contribution in [0.2, 0.25) is 0 Å². The second kappa shape index (κ2) is 10.3. The van der Waals surface area contributed by atoms with Crippen LogP contribution in [-0.4, -0.2) is 42.3 Å². The van der Waals surface area contributed by atoms with E-state index < -0.39 is 0 Å². The zero-order valence-electron chi connectivity index (χ0n) is 18.8. The van der Waals surface area contributed by atoms with E-state index in [-0.39, 0.29) is 0 Å². The molecule has 0 amide bonds. The predicted octanol–water partition coefficient (Wildman–Crippen LogP) is 5.57. The Balaban J connectivity index is 1.14. The van der Waals surface area contributed by atoms with Crippen LogP contribution >= 0.6 is 0 Å². The molecule has 1 fully saturated rings. The van der Waals surface area contributed by atoms with E-state index in [1.54, 1.807) is 0 Å². The van der Waals surface area contributed by atoms with Gasteiger partial charge in [-0.05, 0) is 39.6 Å². The Kier molecular flexibility index (Phi) is 6.64. The molecule has 0 unspecified atom stereocenters. The van der Waals surface area contributed by atoms with E-state index in [0.717, 1.165) is 49.6 Å². The molecule has 5 rings (SSSR count). The van der Waals surface area contributed by atoms with Crippen LogP contribution in [0.25, 0.3) is 10.8 Å². The first-order valence-corrected chi connectivity index (χ1v) is 11.6.